The average molecular weight is 408 g/mol. The van der Waals surface area contributed by atoms with E-state index in [1.807, 2.05) is 30.5 Å². The monoisotopic (exact) mass is 407 g/mol. The molecule has 4 nitrogen and oxygen atoms in total. The van der Waals surface area contributed by atoms with Crippen molar-refractivity contribution in [1.29, 1.82) is 0 Å². The first-order valence-electron chi connectivity index (χ1n) is 8.54. The minimum atomic E-state index is 0.172. The van der Waals surface area contributed by atoms with E-state index in [1.165, 1.54) is 10.5 Å². The molecule has 0 aliphatic heterocycles. The molecule has 0 radical (unpaired) electrons. The summed E-state index contributed by atoms with van der Waals surface area (Å²) in [6.07, 6.45) is 3.99. The van der Waals surface area contributed by atoms with E-state index < -0.39 is 0 Å². The fourth-order valence-corrected chi connectivity index (χ4v) is 5.09. The Bertz CT molecular complexity index is 884. The van der Waals surface area contributed by atoms with Gasteiger partial charge in [-0.1, -0.05) is 49.0 Å². The topological polar surface area (TPSA) is 39.9 Å². The first-order chi connectivity index (χ1) is 12.6. The van der Waals surface area contributed by atoms with E-state index >= 15 is 0 Å². The van der Waals surface area contributed by atoms with Crippen molar-refractivity contribution < 1.29 is 4.74 Å². The Morgan fingerprint density at radius 3 is 2.81 bits per heavy atom. The maximum absolute atomic E-state index is 6.42. The third-order valence-corrected chi connectivity index (χ3v) is 6.91. The van der Waals surface area contributed by atoms with Crippen molar-refractivity contribution in [2.45, 2.75) is 47.8 Å². The number of fused-ring (bicyclic) bond motifs is 1. The molecule has 2 aromatic heterocycles. The molecule has 0 spiro atoms. The molecule has 1 aromatic carbocycles. The maximum Gasteiger partial charge on any atom is 0.135 e. The SMILES string of the molecule is CCCC(OC)Sc1ccnc(SCc2nc3ccccc3n2Cl)c1C. The highest BCUT2D eigenvalue weighted by atomic mass is 35.5. The van der Waals surface area contributed by atoms with Crippen LogP contribution in [0, 0.1) is 6.92 Å². The molecule has 0 amide bonds. The number of nitrogens with zero attached hydrogens (tertiary/aromatic N) is 3. The van der Waals surface area contributed by atoms with Gasteiger partial charge in [-0.25, -0.2) is 14.1 Å². The van der Waals surface area contributed by atoms with Crippen molar-refractivity contribution in [2.75, 3.05) is 7.11 Å². The quantitative estimate of drug-likeness (QED) is 0.343. The van der Waals surface area contributed by atoms with E-state index in [-0.39, 0.29) is 5.44 Å². The number of rotatable bonds is 8. The van der Waals surface area contributed by atoms with Crippen LogP contribution >= 0.6 is 35.3 Å². The van der Waals surface area contributed by atoms with Crippen LogP contribution in [0.1, 0.15) is 31.2 Å². The van der Waals surface area contributed by atoms with E-state index in [9.17, 15) is 0 Å². The predicted molar refractivity (Wildman–Crippen MR) is 111 cm³/mol. The highest BCUT2D eigenvalue weighted by molar-refractivity contribution is 8.00. The second kappa shape index (κ2) is 9.13. The molecule has 0 N–H and O–H groups in total. The van der Waals surface area contributed by atoms with Gasteiger partial charge < -0.3 is 4.74 Å². The normalized spacial score (nSPS) is 12.6. The minimum Gasteiger partial charge on any atom is -0.370 e. The second-order valence-electron chi connectivity index (χ2n) is 5.90. The Morgan fingerprint density at radius 2 is 2.08 bits per heavy atom. The van der Waals surface area contributed by atoms with Gasteiger partial charge in [0, 0.05) is 30.0 Å². The molecule has 0 fully saturated rings. The van der Waals surface area contributed by atoms with Gasteiger partial charge in [-0.3, -0.25) is 0 Å². The zero-order chi connectivity index (χ0) is 18.5. The van der Waals surface area contributed by atoms with Gasteiger partial charge in [0.25, 0.3) is 0 Å². The van der Waals surface area contributed by atoms with E-state index in [2.05, 4.69) is 29.9 Å². The van der Waals surface area contributed by atoms with Crippen LogP contribution in [-0.2, 0) is 10.5 Å². The largest absolute Gasteiger partial charge is 0.370 e. The highest BCUT2D eigenvalue weighted by Crippen LogP contribution is 2.34. The molecular weight excluding hydrogens is 386 g/mol. The molecule has 3 aromatic rings. The summed E-state index contributed by atoms with van der Waals surface area (Å²) >= 11 is 9.84. The summed E-state index contributed by atoms with van der Waals surface area (Å²) in [4.78, 5) is 10.4. The van der Waals surface area contributed by atoms with Gasteiger partial charge >= 0.3 is 0 Å². The summed E-state index contributed by atoms with van der Waals surface area (Å²) in [7, 11) is 1.77. The zero-order valence-electron chi connectivity index (χ0n) is 15.1. The molecule has 2 heterocycles. The molecule has 0 saturated heterocycles. The molecule has 0 bridgehead atoms. The summed E-state index contributed by atoms with van der Waals surface area (Å²) in [5.41, 5.74) is 3.19. The van der Waals surface area contributed by atoms with Crippen LogP contribution in [-0.4, -0.2) is 26.6 Å². The van der Waals surface area contributed by atoms with Gasteiger partial charge in [-0.15, -0.1) is 0 Å². The lowest BCUT2D eigenvalue weighted by molar-refractivity contribution is 0.165. The molecule has 0 saturated carbocycles. The Kier molecular flexibility index (Phi) is 6.86. The van der Waals surface area contributed by atoms with Gasteiger partial charge in [0.2, 0.25) is 0 Å². The lowest BCUT2D eigenvalue weighted by Gasteiger charge is -2.16. The van der Waals surface area contributed by atoms with Gasteiger partial charge in [0.1, 0.15) is 16.3 Å². The lowest BCUT2D eigenvalue weighted by atomic mass is 10.3. The van der Waals surface area contributed by atoms with Crippen LogP contribution in [0.5, 0.6) is 0 Å². The Labute approximate surface area is 167 Å². The van der Waals surface area contributed by atoms with E-state index in [1.54, 1.807) is 34.7 Å². The van der Waals surface area contributed by atoms with Crippen LogP contribution < -0.4 is 0 Å². The van der Waals surface area contributed by atoms with Crippen LogP contribution in [0.3, 0.4) is 0 Å². The summed E-state index contributed by atoms with van der Waals surface area (Å²) in [6, 6.07) is 9.94. The van der Waals surface area contributed by atoms with Crippen molar-refractivity contribution in [2.24, 2.45) is 0 Å². The summed E-state index contributed by atoms with van der Waals surface area (Å²) in [6.45, 7) is 4.28. The van der Waals surface area contributed by atoms with E-state index in [4.69, 9.17) is 16.5 Å². The van der Waals surface area contributed by atoms with Gasteiger partial charge in [0.05, 0.1) is 16.8 Å². The molecule has 1 unspecified atom stereocenters. The molecule has 7 heteroatoms. The number of benzene rings is 1. The van der Waals surface area contributed by atoms with Crippen LogP contribution in [0.25, 0.3) is 11.0 Å². The van der Waals surface area contributed by atoms with Crippen LogP contribution in [0.15, 0.2) is 46.5 Å². The number of pyridine rings is 1. The van der Waals surface area contributed by atoms with Crippen molar-refractivity contribution >= 4 is 46.3 Å². The van der Waals surface area contributed by atoms with Crippen molar-refractivity contribution in [1.82, 2.24) is 14.1 Å². The number of para-hydroxylation sites is 2. The van der Waals surface area contributed by atoms with Crippen LogP contribution in [0.4, 0.5) is 0 Å². The van der Waals surface area contributed by atoms with Gasteiger partial charge in [0.15, 0.2) is 0 Å². The van der Waals surface area contributed by atoms with Crippen molar-refractivity contribution in [3.63, 3.8) is 0 Å². The third-order valence-electron chi connectivity index (χ3n) is 4.06. The number of methoxy groups -OCH3 is 1. The molecular formula is C19H22ClN3OS2. The molecule has 0 aliphatic rings. The third kappa shape index (κ3) is 4.36. The standard InChI is InChI=1S/C19H22ClN3OS2/c1-4-7-18(24-3)26-16-10-11-21-19(13(16)2)25-12-17-22-14-8-5-6-9-15(14)23(17)20/h5-6,8-11,18H,4,7,12H2,1-3H3. The predicted octanol–water partition coefficient (Wildman–Crippen LogP) is 5.90. The van der Waals surface area contributed by atoms with E-state index in [0.717, 1.165) is 34.7 Å². The van der Waals surface area contributed by atoms with Crippen LogP contribution in [0.2, 0.25) is 0 Å². The number of hydrogen-bond donors (Lipinski definition) is 0. The Morgan fingerprint density at radius 1 is 1.27 bits per heavy atom. The Balaban J connectivity index is 1.75. The highest BCUT2D eigenvalue weighted by Gasteiger charge is 2.14. The minimum absolute atomic E-state index is 0.172. The smallest absolute Gasteiger partial charge is 0.135 e. The fraction of sp³-hybridized carbons (Fsp3) is 0.368. The molecule has 26 heavy (non-hydrogen) atoms. The number of hydrogen-bond acceptors (Lipinski definition) is 5. The molecule has 138 valence electrons. The van der Waals surface area contributed by atoms with Gasteiger partial charge in [-0.2, -0.15) is 0 Å². The second-order valence-corrected chi connectivity index (χ2v) is 8.40. The lowest BCUT2D eigenvalue weighted by Crippen LogP contribution is -2.05. The first kappa shape index (κ1) is 19.5. The maximum atomic E-state index is 6.42. The molecule has 1 atom stereocenters. The molecule has 0 aliphatic carbocycles. The number of halogens is 1. The number of thioether (sulfide) groups is 2. The summed E-state index contributed by atoms with van der Waals surface area (Å²) in [5, 5.41) is 1.00. The summed E-state index contributed by atoms with van der Waals surface area (Å²) in [5.74, 6) is 1.50. The number of aromatic nitrogens is 3. The Hall–Kier alpha value is -1.21. The molecule has 3 rings (SSSR count). The zero-order valence-corrected chi connectivity index (χ0v) is 17.5. The van der Waals surface area contributed by atoms with Crippen molar-refractivity contribution in [3.05, 3.63) is 47.9 Å². The average Bonchev–Trinajstić information content (AvgIpc) is 2.98. The van der Waals surface area contributed by atoms with E-state index in [0.29, 0.717) is 5.75 Å². The van der Waals surface area contributed by atoms with Gasteiger partial charge in [-0.05, 0) is 37.1 Å². The number of ether oxygens (including phenoxy) is 1. The van der Waals surface area contributed by atoms with Crippen molar-refractivity contribution in [3.8, 4) is 0 Å². The summed E-state index contributed by atoms with van der Waals surface area (Å²) < 4.78 is 7.21. The number of imidazole rings is 1. The fourth-order valence-electron chi connectivity index (χ4n) is 2.64. The first-order valence-corrected chi connectivity index (χ1v) is 10.7.